The number of nitrogens with zero attached hydrogens (tertiary/aromatic N) is 2. The van der Waals surface area contributed by atoms with Crippen molar-refractivity contribution in [3.8, 4) is 28.3 Å². The van der Waals surface area contributed by atoms with Crippen LogP contribution in [0, 0.1) is 5.82 Å². The van der Waals surface area contributed by atoms with Crippen LogP contribution >= 0.6 is 0 Å². The number of aliphatic hydroxyl groups is 1. The molecule has 0 aliphatic carbocycles. The van der Waals surface area contributed by atoms with Crippen LogP contribution < -0.4 is 4.74 Å². The van der Waals surface area contributed by atoms with Crippen LogP contribution in [0.15, 0.2) is 48.5 Å². The lowest BCUT2D eigenvalue weighted by Crippen LogP contribution is -2.16. The van der Waals surface area contributed by atoms with Gasteiger partial charge in [-0.25, -0.2) is 9.18 Å². The third-order valence-corrected chi connectivity index (χ3v) is 4.56. The number of carboxylic acids is 1. The molecule has 1 atom stereocenters. The van der Waals surface area contributed by atoms with Gasteiger partial charge in [0.2, 0.25) is 0 Å². The topological polar surface area (TPSA) is 84.6 Å². The summed E-state index contributed by atoms with van der Waals surface area (Å²) in [5, 5.41) is 24.1. The number of aromatic carboxylic acids is 1. The van der Waals surface area contributed by atoms with Crippen molar-refractivity contribution in [2.45, 2.75) is 32.9 Å². The zero-order valence-electron chi connectivity index (χ0n) is 16.3. The number of rotatable bonds is 8. The Labute approximate surface area is 168 Å². The molecule has 0 aliphatic heterocycles. The number of carbonyl (C=O) groups is 1. The lowest BCUT2D eigenvalue weighted by molar-refractivity contribution is 0.0697. The molecule has 2 aromatic carbocycles. The molecule has 7 heteroatoms. The predicted octanol–water partition coefficient (Wildman–Crippen LogP) is 4.22. The van der Waals surface area contributed by atoms with Crippen LogP contribution in [-0.2, 0) is 6.54 Å². The minimum atomic E-state index is -1.06. The summed E-state index contributed by atoms with van der Waals surface area (Å²) in [5.74, 6) is -0.930. The van der Waals surface area contributed by atoms with Gasteiger partial charge in [-0.2, -0.15) is 5.10 Å². The average Bonchev–Trinajstić information content (AvgIpc) is 3.11. The van der Waals surface area contributed by atoms with E-state index in [-0.39, 0.29) is 17.9 Å². The van der Waals surface area contributed by atoms with Crippen LogP contribution in [-0.4, -0.2) is 38.7 Å². The van der Waals surface area contributed by atoms with E-state index in [1.54, 1.807) is 28.9 Å². The van der Waals surface area contributed by atoms with Crippen molar-refractivity contribution in [2.75, 3.05) is 6.61 Å². The molecule has 152 valence electrons. The summed E-state index contributed by atoms with van der Waals surface area (Å²) in [5.41, 5.74) is 2.35. The molecule has 0 radical (unpaired) electrons. The number of aliphatic hydroxyl groups excluding tert-OH is 1. The standard InChI is InChI=1S/C22H23FN2O4/c1-3-17(26)13-25-20(14-6-5-7-16(23)10-14)12-19(24-25)18-11-15(22(27)28)8-9-21(18)29-4-2/h5-12,17,26H,3-4,13H2,1-2H3,(H,27,28)/t17-/m0/s1. The van der Waals surface area contributed by atoms with Crippen molar-refractivity contribution >= 4 is 5.97 Å². The summed E-state index contributed by atoms with van der Waals surface area (Å²) in [7, 11) is 0. The first-order valence-electron chi connectivity index (χ1n) is 9.45. The van der Waals surface area contributed by atoms with Crippen molar-refractivity contribution in [3.05, 3.63) is 59.9 Å². The highest BCUT2D eigenvalue weighted by molar-refractivity contribution is 5.90. The molecule has 0 fully saturated rings. The second-order valence-electron chi connectivity index (χ2n) is 6.62. The van der Waals surface area contributed by atoms with Gasteiger partial charge in [-0.3, -0.25) is 4.68 Å². The molecule has 0 aliphatic rings. The molecule has 0 amide bonds. The molecule has 2 N–H and O–H groups in total. The molecule has 0 saturated heterocycles. The third kappa shape index (κ3) is 4.63. The van der Waals surface area contributed by atoms with E-state index < -0.39 is 12.1 Å². The first-order valence-corrected chi connectivity index (χ1v) is 9.45. The van der Waals surface area contributed by atoms with Gasteiger partial charge in [0.05, 0.1) is 36.2 Å². The van der Waals surface area contributed by atoms with Crippen molar-refractivity contribution in [1.82, 2.24) is 9.78 Å². The third-order valence-electron chi connectivity index (χ3n) is 4.56. The van der Waals surface area contributed by atoms with E-state index in [0.29, 0.717) is 41.3 Å². The fourth-order valence-electron chi connectivity index (χ4n) is 3.04. The Bertz CT molecular complexity index is 1020. The van der Waals surface area contributed by atoms with Gasteiger partial charge in [-0.15, -0.1) is 0 Å². The number of hydrogen-bond acceptors (Lipinski definition) is 4. The van der Waals surface area contributed by atoms with Gasteiger partial charge < -0.3 is 14.9 Å². The van der Waals surface area contributed by atoms with Crippen molar-refractivity contribution < 1.29 is 24.1 Å². The summed E-state index contributed by atoms with van der Waals surface area (Å²) in [6.07, 6.45) is -0.0806. The van der Waals surface area contributed by atoms with Gasteiger partial charge in [-0.05, 0) is 49.7 Å². The van der Waals surface area contributed by atoms with E-state index in [1.807, 2.05) is 13.8 Å². The Balaban J connectivity index is 2.16. The van der Waals surface area contributed by atoms with E-state index in [4.69, 9.17) is 4.74 Å². The van der Waals surface area contributed by atoms with Crippen molar-refractivity contribution in [2.24, 2.45) is 0 Å². The van der Waals surface area contributed by atoms with Crippen LogP contribution in [0.2, 0.25) is 0 Å². The predicted molar refractivity (Wildman–Crippen MR) is 107 cm³/mol. The minimum Gasteiger partial charge on any atom is -0.493 e. The maximum Gasteiger partial charge on any atom is 0.335 e. The van der Waals surface area contributed by atoms with Crippen LogP contribution in [0.4, 0.5) is 4.39 Å². The fourth-order valence-corrected chi connectivity index (χ4v) is 3.04. The number of aromatic nitrogens is 2. The van der Waals surface area contributed by atoms with Crippen LogP contribution in [0.25, 0.3) is 22.5 Å². The Hall–Kier alpha value is -3.19. The van der Waals surface area contributed by atoms with E-state index in [0.717, 1.165) is 0 Å². The van der Waals surface area contributed by atoms with Gasteiger partial charge in [0.25, 0.3) is 0 Å². The molecular weight excluding hydrogens is 375 g/mol. The van der Waals surface area contributed by atoms with Crippen LogP contribution in [0.1, 0.15) is 30.6 Å². The second-order valence-corrected chi connectivity index (χ2v) is 6.62. The maximum absolute atomic E-state index is 13.8. The lowest BCUT2D eigenvalue weighted by atomic mass is 10.1. The summed E-state index contributed by atoms with van der Waals surface area (Å²) in [6.45, 7) is 4.33. The molecule has 3 aromatic rings. The Kier molecular flexibility index (Phi) is 6.29. The van der Waals surface area contributed by atoms with Gasteiger partial charge in [0.15, 0.2) is 0 Å². The first-order chi connectivity index (χ1) is 13.9. The molecule has 3 rings (SSSR count). The highest BCUT2D eigenvalue weighted by Gasteiger charge is 2.18. The number of halogens is 1. The SMILES string of the molecule is CCOc1ccc(C(=O)O)cc1-c1cc(-c2cccc(F)c2)n(C[C@@H](O)CC)n1. The summed E-state index contributed by atoms with van der Waals surface area (Å²) in [6, 6.07) is 12.4. The van der Waals surface area contributed by atoms with E-state index in [2.05, 4.69) is 5.10 Å². The Morgan fingerprint density at radius 1 is 1.21 bits per heavy atom. The maximum atomic E-state index is 13.8. The van der Waals surface area contributed by atoms with Crippen molar-refractivity contribution in [1.29, 1.82) is 0 Å². The first kappa shape index (κ1) is 20.5. The molecule has 0 saturated carbocycles. The molecule has 29 heavy (non-hydrogen) atoms. The molecule has 0 spiro atoms. The quantitative estimate of drug-likeness (QED) is 0.593. The summed E-state index contributed by atoms with van der Waals surface area (Å²) in [4.78, 5) is 11.4. The van der Waals surface area contributed by atoms with Crippen LogP contribution in [0.3, 0.4) is 0 Å². The summed E-state index contributed by atoms with van der Waals surface area (Å²) < 4.78 is 21.0. The summed E-state index contributed by atoms with van der Waals surface area (Å²) >= 11 is 0. The zero-order valence-corrected chi connectivity index (χ0v) is 16.3. The average molecular weight is 398 g/mol. The van der Waals surface area contributed by atoms with Gasteiger partial charge >= 0.3 is 5.97 Å². The van der Waals surface area contributed by atoms with E-state index in [1.165, 1.54) is 24.3 Å². The van der Waals surface area contributed by atoms with Crippen molar-refractivity contribution in [3.63, 3.8) is 0 Å². The lowest BCUT2D eigenvalue weighted by Gasteiger charge is -2.12. The Morgan fingerprint density at radius 2 is 2.00 bits per heavy atom. The molecule has 0 bridgehead atoms. The molecule has 6 nitrogen and oxygen atoms in total. The van der Waals surface area contributed by atoms with E-state index in [9.17, 15) is 19.4 Å². The van der Waals surface area contributed by atoms with Gasteiger partial charge in [-0.1, -0.05) is 19.1 Å². The highest BCUT2D eigenvalue weighted by Crippen LogP contribution is 2.33. The number of benzene rings is 2. The highest BCUT2D eigenvalue weighted by atomic mass is 19.1. The smallest absolute Gasteiger partial charge is 0.335 e. The van der Waals surface area contributed by atoms with E-state index >= 15 is 0 Å². The van der Waals surface area contributed by atoms with Crippen LogP contribution in [0.5, 0.6) is 5.75 Å². The molecular formula is C22H23FN2O4. The molecule has 1 heterocycles. The minimum absolute atomic E-state index is 0.110. The second kappa shape index (κ2) is 8.87. The number of hydrogen-bond donors (Lipinski definition) is 2. The largest absolute Gasteiger partial charge is 0.493 e. The van der Waals surface area contributed by atoms with Gasteiger partial charge in [0.1, 0.15) is 11.6 Å². The molecule has 1 aromatic heterocycles. The Morgan fingerprint density at radius 3 is 2.66 bits per heavy atom. The number of carboxylic acid groups (broad SMARTS) is 1. The normalized spacial score (nSPS) is 12.0. The fraction of sp³-hybridized carbons (Fsp3) is 0.273. The zero-order chi connectivity index (χ0) is 21.0. The monoisotopic (exact) mass is 398 g/mol. The molecule has 0 unspecified atom stereocenters. The van der Waals surface area contributed by atoms with Gasteiger partial charge in [0, 0.05) is 11.1 Å². The number of ether oxygens (including phenoxy) is 1.